The van der Waals surface area contributed by atoms with Gasteiger partial charge in [-0.05, 0) is 36.6 Å². The summed E-state index contributed by atoms with van der Waals surface area (Å²) in [6.07, 6.45) is 1.28. The molecule has 2 aromatic rings. The highest BCUT2D eigenvalue weighted by atomic mass is 16.5. The summed E-state index contributed by atoms with van der Waals surface area (Å²) in [7, 11) is 1.64. The first kappa shape index (κ1) is 15.1. The van der Waals surface area contributed by atoms with Crippen LogP contribution in [-0.2, 0) is 17.8 Å². The summed E-state index contributed by atoms with van der Waals surface area (Å²) in [6, 6.07) is 16.0. The molecule has 0 fully saturated rings. The Morgan fingerprint density at radius 1 is 1.10 bits per heavy atom. The van der Waals surface area contributed by atoms with Gasteiger partial charge in [-0.1, -0.05) is 42.0 Å². The molecule has 0 aliphatic heterocycles. The number of ether oxygens (including phenoxy) is 1. The lowest BCUT2D eigenvalue weighted by molar-refractivity contribution is -0.121. The van der Waals surface area contributed by atoms with Crippen molar-refractivity contribution in [3.05, 3.63) is 65.2 Å². The third-order valence-electron chi connectivity index (χ3n) is 3.39. The molecule has 0 aliphatic rings. The molecule has 0 spiro atoms. The molecule has 0 unspecified atom stereocenters. The first-order valence-corrected chi connectivity index (χ1v) is 7.12. The Morgan fingerprint density at radius 2 is 1.86 bits per heavy atom. The molecule has 21 heavy (non-hydrogen) atoms. The molecule has 0 radical (unpaired) electrons. The van der Waals surface area contributed by atoms with Crippen molar-refractivity contribution in [2.45, 2.75) is 26.3 Å². The fourth-order valence-electron chi connectivity index (χ4n) is 2.08. The molecule has 0 aromatic heterocycles. The maximum Gasteiger partial charge on any atom is 0.220 e. The molecule has 1 amide bonds. The minimum Gasteiger partial charge on any atom is -0.497 e. The summed E-state index contributed by atoms with van der Waals surface area (Å²) in [5.74, 6) is 0.875. The normalized spacial score (nSPS) is 10.2. The van der Waals surface area contributed by atoms with E-state index < -0.39 is 0 Å². The van der Waals surface area contributed by atoms with Gasteiger partial charge in [0.2, 0.25) is 5.91 Å². The number of carbonyl (C=O) groups is 1. The molecule has 0 aliphatic carbocycles. The van der Waals surface area contributed by atoms with Crippen LogP contribution in [0.4, 0.5) is 0 Å². The number of hydrogen-bond acceptors (Lipinski definition) is 2. The zero-order chi connectivity index (χ0) is 15.1. The number of rotatable bonds is 6. The quantitative estimate of drug-likeness (QED) is 0.883. The van der Waals surface area contributed by atoms with Gasteiger partial charge in [0.15, 0.2) is 0 Å². The van der Waals surface area contributed by atoms with Gasteiger partial charge < -0.3 is 10.1 Å². The number of methoxy groups -OCH3 is 1. The molecule has 1 N–H and O–H groups in total. The lowest BCUT2D eigenvalue weighted by atomic mass is 10.1. The minimum atomic E-state index is 0.0680. The van der Waals surface area contributed by atoms with Gasteiger partial charge in [-0.2, -0.15) is 0 Å². The van der Waals surface area contributed by atoms with E-state index in [4.69, 9.17) is 4.74 Å². The van der Waals surface area contributed by atoms with Gasteiger partial charge in [-0.15, -0.1) is 0 Å². The Kier molecular flexibility index (Phi) is 5.38. The summed E-state index contributed by atoms with van der Waals surface area (Å²) in [6.45, 7) is 2.59. The van der Waals surface area contributed by atoms with Crippen molar-refractivity contribution in [1.29, 1.82) is 0 Å². The zero-order valence-electron chi connectivity index (χ0n) is 12.6. The second-order valence-corrected chi connectivity index (χ2v) is 5.11. The fourth-order valence-corrected chi connectivity index (χ4v) is 2.08. The average Bonchev–Trinajstić information content (AvgIpc) is 2.52. The molecular weight excluding hydrogens is 262 g/mol. The van der Waals surface area contributed by atoms with E-state index in [-0.39, 0.29) is 5.91 Å². The molecular formula is C18H21NO2. The summed E-state index contributed by atoms with van der Waals surface area (Å²) in [5, 5.41) is 2.94. The van der Waals surface area contributed by atoms with Gasteiger partial charge in [-0.3, -0.25) is 4.79 Å². The van der Waals surface area contributed by atoms with Crippen molar-refractivity contribution in [1.82, 2.24) is 5.32 Å². The lowest BCUT2D eigenvalue weighted by Crippen LogP contribution is -2.22. The van der Waals surface area contributed by atoms with E-state index in [1.807, 2.05) is 24.3 Å². The predicted octanol–water partition coefficient (Wildman–Crippen LogP) is 3.25. The van der Waals surface area contributed by atoms with Gasteiger partial charge in [-0.25, -0.2) is 0 Å². The zero-order valence-corrected chi connectivity index (χ0v) is 12.6. The standard InChI is InChI=1S/C18H21NO2/c1-14-6-8-15(9-7-14)10-11-18(20)19-13-16-4-3-5-17(12-16)21-2/h3-9,12H,10-11,13H2,1-2H3,(H,19,20). The van der Waals surface area contributed by atoms with Crippen LogP contribution in [0.5, 0.6) is 5.75 Å². The molecule has 0 bridgehead atoms. The van der Waals surface area contributed by atoms with Crippen LogP contribution in [-0.4, -0.2) is 13.0 Å². The number of aryl methyl sites for hydroxylation is 2. The summed E-state index contributed by atoms with van der Waals surface area (Å²) >= 11 is 0. The Hall–Kier alpha value is -2.29. The molecule has 0 heterocycles. The van der Waals surface area contributed by atoms with Gasteiger partial charge in [0, 0.05) is 13.0 Å². The molecule has 3 heteroatoms. The Bertz CT molecular complexity index is 590. The van der Waals surface area contributed by atoms with Crippen LogP contribution in [0.3, 0.4) is 0 Å². The average molecular weight is 283 g/mol. The Labute approximate surface area is 126 Å². The summed E-state index contributed by atoms with van der Waals surface area (Å²) < 4.78 is 5.16. The van der Waals surface area contributed by atoms with E-state index >= 15 is 0 Å². The molecule has 0 saturated heterocycles. The topological polar surface area (TPSA) is 38.3 Å². The molecule has 2 aromatic carbocycles. The van der Waals surface area contributed by atoms with Crippen LogP contribution in [0.2, 0.25) is 0 Å². The number of benzene rings is 2. The van der Waals surface area contributed by atoms with E-state index in [1.54, 1.807) is 7.11 Å². The van der Waals surface area contributed by atoms with Crippen LogP contribution in [0.1, 0.15) is 23.1 Å². The summed E-state index contributed by atoms with van der Waals surface area (Å²) in [4.78, 5) is 11.9. The molecule has 3 nitrogen and oxygen atoms in total. The van der Waals surface area contributed by atoms with Gasteiger partial charge >= 0.3 is 0 Å². The third-order valence-corrected chi connectivity index (χ3v) is 3.39. The van der Waals surface area contributed by atoms with Crippen LogP contribution in [0, 0.1) is 6.92 Å². The highest BCUT2D eigenvalue weighted by molar-refractivity contribution is 5.76. The van der Waals surface area contributed by atoms with Gasteiger partial charge in [0.05, 0.1) is 7.11 Å². The van der Waals surface area contributed by atoms with Crippen LogP contribution in [0.25, 0.3) is 0 Å². The molecule has 0 saturated carbocycles. The maximum absolute atomic E-state index is 11.9. The molecule has 2 rings (SSSR count). The van der Waals surface area contributed by atoms with Crippen molar-refractivity contribution in [2.24, 2.45) is 0 Å². The second kappa shape index (κ2) is 7.48. The Balaban J connectivity index is 1.78. The smallest absolute Gasteiger partial charge is 0.220 e. The number of amides is 1. The van der Waals surface area contributed by atoms with Crippen LogP contribution < -0.4 is 10.1 Å². The first-order chi connectivity index (χ1) is 10.2. The first-order valence-electron chi connectivity index (χ1n) is 7.12. The predicted molar refractivity (Wildman–Crippen MR) is 84.3 cm³/mol. The number of hydrogen-bond donors (Lipinski definition) is 1. The maximum atomic E-state index is 11.9. The van der Waals surface area contributed by atoms with Gasteiger partial charge in [0.1, 0.15) is 5.75 Å². The fraction of sp³-hybridized carbons (Fsp3) is 0.278. The largest absolute Gasteiger partial charge is 0.497 e. The van der Waals surface area contributed by atoms with Crippen molar-refractivity contribution >= 4 is 5.91 Å². The van der Waals surface area contributed by atoms with Crippen molar-refractivity contribution < 1.29 is 9.53 Å². The van der Waals surface area contributed by atoms with Gasteiger partial charge in [0.25, 0.3) is 0 Å². The molecule has 110 valence electrons. The van der Waals surface area contributed by atoms with Crippen LogP contribution in [0.15, 0.2) is 48.5 Å². The van der Waals surface area contributed by atoms with Crippen molar-refractivity contribution in [3.63, 3.8) is 0 Å². The SMILES string of the molecule is COc1cccc(CNC(=O)CCc2ccc(C)cc2)c1. The number of carbonyl (C=O) groups excluding carboxylic acids is 1. The lowest BCUT2D eigenvalue weighted by Gasteiger charge is -2.07. The van der Waals surface area contributed by atoms with Crippen LogP contribution >= 0.6 is 0 Å². The minimum absolute atomic E-state index is 0.0680. The van der Waals surface area contributed by atoms with E-state index in [1.165, 1.54) is 11.1 Å². The van der Waals surface area contributed by atoms with E-state index in [0.717, 1.165) is 17.7 Å². The number of nitrogens with one attached hydrogen (secondary N) is 1. The second-order valence-electron chi connectivity index (χ2n) is 5.11. The van der Waals surface area contributed by atoms with Crippen molar-refractivity contribution in [3.8, 4) is 5.75 Å². The Morgan fingerprint density at radius 3 is 2.57 bits per heavy atom. The van der Waals surface area contributed by atoms with Crippen molar-refractivity contribution in [2.75, 3.05) is 7.11 Å². The highest BCUT2D eigenvalue weighted by Gasteiger charge is 2.03. The monoisotopic (exact) mass is 283 g/mol. The highest BCUT2D eigenvalue weighted by Crippen LogP contribution is 2.12. The van der Waals surface area contributed by atoms with E-state index in [2.05, 4.69) is 36.5 Å². The van der Waals surface area contributed by atoms with E-state index in [0.29, 0.717) is 13.0 Å². The molecule has 0 atom stereocenters. The van der Waals surface area contributed by atoms with E-state index in [9.17, 15) is 4.79 Å². The third kappa shape index (κ3) is 4.95. The summed E-state index contributed by atoms with van der Waals surface area (Å²) in [5.41, 5.74) is 3.47.